The first kappa shape index (κ1) is 25.5. The molecule has 3 rings (SSSR count). The van der Waals surface area contributed by atoms with E-state index in [4.69, 9.17) is 14.2 Å². The molecule has 2 aromatic rings. The molecule has 0 N–H and O–H groups in total. The number of unbranched alkanes of at least 4 members (excludes halogenated alkanes) is 7. The molecule has 1 heterocycles. The van der Waals surface area contributed by atoms with E-state index in [1.165, 1.54) is 62.5 Å². The molecule has 0 aromatic heterocycles. The van der Waals surface area contributed by atoms with E-state index in [1.807, 2.05) is 6.08 Å². The normalized spacial score (nSPS) is 18.2. The Morgan fingerprint density at radius 2 is 1.45 bits per heavy atom. The molecule has 33 heavy (non-hydrogen) atoms. The first-order valence-corrected chi connectivity index (χ1v) is 13.0. The minimum Gasteiger partial charge on any atom is -0.494 e. The van der Waals surface area contributed by atoms with Gasteiger partial charge in [-0.25, -0.2) is 0 Å². The quantitative estimate of drug-likeness (QED) is 0.201. The molecule has 0 atom stereocenters. The van der Waals surface area contributed by atoms with E-state index < -0.39 is 0 Å². The molecular formula is C30H42O3. The summed E-state index contributed by atoms with van der Waals surface area (Å²) in [5.74, 6) is 1.47. The summed E-state index contributed by atoms with van der Waals surface area (Å²) in [6, 6.07) is 16.9. The van der Waals surface area contributed by atoms with E-state index in [-0.39, 0.29) is 6.29 Å². The van der Waals surface area contributed by atoms with Crippen LogP contribution in [-0.2, 0) is 9.47 Å². The summed E-state index contributed by atoms with van der Waals surface area (Å²) in [6.45, 7) is 8.40. The smallest absolute Gasteiger partial charge is 0.183 e. The van der Waals surface area contributed by atoms with E-state index in [1.54, 1.807) is 0 Å². The molecule has 2 aromatic carbocycles. The second kappa shape index (κ2) is 14.9. The zero-order valence-electron chi connectivity index (χ0n) is 20.5. The van der Waals surface area contributed by atoms with Gasteiger partial charge < -0.3 is 14.2 Å². The molecule has 1 saturated heterocycles. The fraction of sp³-hybridized carbons (Fsp3) is 0.533. The van der Waals surface area contributed by atoms with E-state index in [9.17, 15) is 0 Å². The predicted molar refractivity (Wildman–Crippen MR) is 138 cm³/mol. The highest BCUT2D eigenvalue weighted by Crippen LogP contribution is 2.30. The lowest BCUT2D eigenvalue weighted by Crippen LogP contribution is -2.27. The van der Waals surface area contributed by atoms with Crippen molar-refractivity contribution in [3.8, 4) is 16.9 Å². The molecule has 0 spiro atoms. The Labute approximate surface area is 201 Å². The van der Waals surface area contributed by atoms with Gasteiger partial charge in [-0.1, -0.05) is 81.5 Å². The monoisotopic (exact) mass is 450 g/mol. The Bertz CT molecular complexity index is 773. The average Bonchev–Trinajstić information content (AvgIpc) is 2.87. The van der Waals surface area contributed by atoms with E-state index in [0.29, 0.717) is 5.92 Å². The third-order valence-electron chi connectivity index (χ3n) is 6.37. The van der Waals surface area contributed by atoms with Gasteiger partial charge in [-0.3, -0.25) is 0 Å². The van der Waals surface area contributed by atoms with Crippen LogP contribution >= 0.6 is 0 Å². The number of benzene rings is 2. The molecule has 3 nitrogen and oxygen atoms in total. The number of hydrogen-bond donors (Lipinski definition) is 0. The summed E-state index contributed by atoms with van der Waals surface area (Å²) in [5.41, 5.74) is 3.47. The van der Waals surface area contributed by atoms with E-state index in [0.717, 1.165) is 44.0 Å². The lowest BCUT2D eigenvalue weighted by atomic mass is 10.0. The summed E-state index contributed by atoms with van der Waals surface area (Å²) in [4.78, 5) is 0. The first-order chi connectivity index (χ1) is 16.3. The maximum atomic E-state index is 6.04. The highest BCUT2D eigenvalue weighted by molar-refractivity contribution is 5.64. The fourth-order valence-corrected chi connectivity index (χ4v) is 4.27. The van der Waals surface area contributed by atoms with Crippen molar-refractivity contribution in [2.24, 2.45) is 5.92 Å². The fourth-order valence-electron chi connectivity index (χ4n) is 4.27. The lowest BCUT2D eigenvalue weighted by Gasteiger charge is -2.29. The molecule has 1 aliphatic heterocycles. The highest BCUT2D eigenvalue weighted by atomic mass is 16.7. The summed E-state index contributed by atoms with van der Waals surface area (Å²) in [7, 11) is 0. The van der Waals surface area contributed by atoms with Crippen LogP contribution in [-0.4, -0.2) is 19.8 Å². The summed E-state index contributed by atoms with van der Waals surface area (Å²) in [5, 5.41) is 0. The zero-order valence-corrected chi connectivity index (χ0v) is 20.5. The van der Waals surface area contributed by atoms with Crippen LogP contribution in [0, 0.1) is 5.92 Å². The highest BCUT2D eigenvalue weighted by Gasteiger charge is 2.23. The van der Waals surface area contributed by atoms with Crippen LogP contribution in [0.15, 0.2) is 61.2 Å². The summed E-state index contributed by atoms with van der Waals surface area (Å²) < 4.78 is 17.9. The predicted octanol–water partition coefficient (Wildman–Crippen LogP) is 8.50. The molecule has 1 aliphatic rings. The van der Waals surface area contributed by atoms with E-state index >= 15 is 0 Å². The minimum atomic E-state index is -0.238. The number of ether oxygens (including phenoxy) is 3. The van der Waals surface area contributed by atoms with Crippen molar-refractivity contribution in [3.05, 3.63) is 66.7 Å². The van der Waals surface area contributed by atoms with Gasteiger partial charge in [0.2, 0.25) is 0 Å². The summed E-state index contributed by atoms with van der Waals surface area (Å²) >= 11 is 0. The van der Waals surface area contributed by atoms with Crippen molar-refractivity contribution >= 4 is 0 Å². The molecule has 0 saturated carbocycles. The number of rotatable bonds is 15. The Kier molecular flexibility index (Phi) is 11.5. The largest absolute Gasteiger partial charge is 0.494 e. The van der Waals surface area contributed by atoms with Gasteiger partial charge >= 0.3 is 0 Å². The SMILES string of the molecule is C=CCCCCCOc1ccc(-c2ccc(C3OCC(CCCCCCC)CO3)cc2)cc1. The second-order valence-electron chi connectivity index (χ2n) is 9.20. The molecule has 0 amide bonds. The van der Waals surface area contributed by atoms with Gasteiger partial charge in [-0.15, -0.1) is 6.58 Å². The van der Waals surface area contributed by atoms with Crippen molar-refractivity contribution < 1.29 is 14.2 Å². The van der Waals surface area contributed by atoms with Crippen molar-refractivity contribution in [2.75, 3.05) is 19.8 Å². The molecule has 0 bridgehead atoms. The summed E-state index contributed by atoms with van der Waals surface area (Å²) in [6.07, 6.45) is 14.1. The van der Waals surface area contributed by atoms with Gasteiger partial charge in [0, 0.05) is 11.5 Å². The van der Waals surface area contributed by atoms with Crippen molar-refractivity contribution in [3.63, 3.8) is 0 Å². The third-order valence-corrected chi connectivity index (χ3v) is 6.37. The maximum absolute atomic E-state index is 6.04. The van der Waals surface area contributed by atoms with Crippen LogP contribution in [0.1, 0.15) is 83.0 Å². The van der Waals surface area contributed by atoms with Gasteiger partial charge in [-0.2, -0.15) is 0 Å². The van der Waals surface area contributed by atoms with Crippen LogP contribution in [0.2, 0.25) is 0 Å². The van der Waals surface area contributed by atoms with Gasteiger partial charge in [0.1, 0.15) is 5.75 Å². The minimum absolute atomic E-state index is 0.238. The Hall–Kier alpha value is -2.10. The van der Waals surface area contributed by atoms with Gasteiger partial charge in [0.25, 0.3) is 0 Å². The lowest BCUT2D eigenvalue weighted by molar-refractivity contribution is -0.206. The number of allylic oxidation sites excluding steroid dienone is 1. The maximum Gasteiger partial charge on any atom is 0.183 e. The molecule has 180 valence electrons. The van der Waals surface area contributed by atoms with Crippen molar-refractivity contribution in [2.45, 2.75) is 77.4 Å². The molecule has 0 aliphatic carbocycles. The Morgan fingerprint density at radius 1 is 0.818 bits per heavy atom. The van der Waals surface area contributed by atoms with Crippen LogP contribution in [0.3, 0.4) is 0 Å². The van der Waals surface area contributed by atoms with E-state index in [2.05, 4.69) is 62.0 Å². The molecule has 3 heteroatoms. The van der Waals surface area contributed by atoms with Gasteiger partial charge in [0.05, 0.1) is 19.8 Å². The zero-order chi connectivity index (χ0) is 23.1. The van der Waals surface area contributed by atoms with Gasteiger partial charge in [0.15, 0.2) is 6.29 Å². The average molecular weight is 451 g/mol. The van der Waals surface area contributed by atoms with Gasteiger partial charge in [-0.05, 0) is 55.4 Å². The van der Waals surface area contributed by atoms with Crippen LogP contribution in [0.25, 0.3) is 11.1 Å². The molecule has 0 unspecified atom stereocenters. The second-order valence-corrected chi connectivity index (χ2v) is 9.20. The molecule has 1 fully saturated rings. The Balaban J connectivity index is 1.40. The standard InChI is InChI=1S/C30H42O3/c1-3-5-7-9-11-13-25-23-32-30(33-24-25)28-16-14-26(15-17-28)27-18-20-29(21-19-27)31-22-12-10-8-6-4-2/h4,14-21,25,30H,2-3,5-13,22-24H2,1H3. The van der Waals surface area contributed by atoms with Crippen molar-refractivity contribution in [1.29, 1.82) is 0 Å². The topological polar surface area (TPSA) is 27.7 Å². The first-order valence-electron chi connectivity index (χ1n) is 13.0. The molecular weight excluding hydrogens is 408 g/mol. The van der Waals surface area contributed by atoms with Crippen LogP contribution in [0.5, 0.6) is 5.75 Å². The Morgan fingerprint density at radius 3 is 2.12 bits per heavy atom. The van der Waals surface area contributed by atoms with Crippen molar-refractivity contribution in [1.82, 2.24) is 0 Å². The molecule has 0 radical (unpaired) electrons. The third kappa shape index (κ3) is 8.98. The number of hydrogen-bond acceptors (Lipinski definition) is 3. The van der Waals surface area contributed by atoms with Crippen LogP contribution in [0.4, 0.5) is 0 Å². The van der Waals surface area contributed by atoms with Crippen LogP contribution < -0.4 is 4.74 Å².